The van der Waals surface area contributed by atoms with Crippen LogP contribution in [0, 0.1) is 30.6 Å². The molecular formula is C45H41N4O16P. The molecule has 0 spiro atoms. The summed E-state index contributed by atoms with van der Waals surface area (Å²) >= 11 is 0. The Kier molecular flexibility index (Phi) is 9.84. The van der Waals surface area contributed by atoms with Crippen LogP contribution in [0.3, 0.4) is 0 Å². The van der Waals surface area contributed by atoms with Crippen molar-refractivity contribution in [1.82, 2.24) is 0 Å². The van der Waals surface area contributed by atoms with Crippen LogP contribution in [0.1, 0.15) is 54.5 Å². The molecule has 0 saturated heterocycles. The van der Waals surface area contributed by atoms with E-state index >= 15 is 0 Å². The van der Waals surface area contributed by atoms with Crippen molar-refractivity contribution in [2.24, 2.45) is 40.9 Å². The van der Waals surface area contributed by atoms with Crippen LogP contribution >= 0.6 is 9.24 Å². The first-order valence-electron chi connectivity index (χ1n) is 20.3. The summed E-state index contributed by atoms with van der Waals surface area (Å²) in [4.78, 5) is 83.1. The lowest BCUT2D eigenvalue weighted by molar-refractivity contribution is -0.156. The van der Waals surface area contributed by atoms with Crippen molar-refractivity contribution < 1.29 is 79.8 Å². The van der Waals surface area contributed by atoms with E-state index in [0.29, 0.717) is 5.56 Å². The van der Waals surface area contributed by atoms with E-state index in [-0.39, 0.29) is 16.7 Å². The zero-order valence-electron chi connectivity index (χ0n) is 34.2. The number of aliphatic hydroxyl groups is 8. The number of aromatic hydroxyl groups is 2. The van der Waals surface area contributed by atoms with Gasteiger partial charge in [-0.05, 0) is 35.7 Å². The van der Waals surface area contributed by atoms with Gasteiger partial charge in [0.2, 0.25) is 11.6 Å². The lowest BCUT2D eigenvalue weighted by Gasteiger charge is -2.52. The van der Waals surface area contributed by atoms with E-state index in [1.165, 1.54) is 24.3 Å². The number of phenols is 2. The molecule has 342 valence electrons. The molecule has 3 aromatic carbocycles. The summed E-state index contributed by atoms with van der Waals surface area (Å²) in [5.41, 5.74) is 5.95. The molecule has 0 aromatic heterocycles. The summed E-state index contributed by atoms with van der Waals surface area (Å²) < 4.78 is 0. The third kappa shape index (κ3) is 5.45. The molecule has 9 rings (SSSR count). The maximum absolute atomic E-state index is 14.7. The van der Waals surface area contributed by atoms with Crippen molar-refractivity contribution in [3.8, 4) is 11.5 Å². The number of carbonyl (C=O) groups excluding carboxylic acids is 6. The predicted molar refractivity (Wildman–Crippen MR) is 229 cm³/mol. The smallest absolute Gasteiger partial charge is 0.263 e. The molecule has 0 radical (unpaired) electrons. The molecule has 66 heavy (non-hydrogen) atoms. The van der Waals surface area contributed by atoms with Gasteiger partial charge in [0, 0.05) is 34.6 Å². The van der Waals surface area contributed by atoms with Gasteiger partial charge in [-0.2, -0.15) is 0 Å². The second kappa shape index (κ2) is 14.6. The zero-order valence-corrected chi connectivity index (χ0v) is 35.4. The normalized spacial score (nSPS) is 33.7. The molecule has 1 unspecified atom stereocenters. The lowest BCUT2D eigenvalue weighted by Crippen LogP contribution is -2.68. The van der Waals surface area contributed by atoms with Gasteiger partial charge in [0.1, 0.15) is 39.9 Å². The van der Waals surface area contributed by atoms with Crippen molar-refractivity contribution in [1.29, 1.82) is 0 Å². The number of aryl methyl sites for hydroxylation is 1. The number of anilines is 1. The average Bonchev–Trinajstić information content (AvgIpc) is 3.26. The fourth-order valence-corrected chi connectivity index (χ4v) is 11.8. The highest BCUT2D eigenvalue weighted by molar-refractivity contribution is 7.17. The van der Waals surface area contributed by atoms with E-state index in [0.717, 1.165) is 11.6 Å². The summed E-state index contributed by atoms with van der Waals surface area (Å²) in [5, 5.41) is 118. The molecule has 0 aliphatic heterocycles. The Labute approximate surface area is 373 Å². The van der Waals surface area contributed by atoms with Crippen molar-refractivity contribution in [3.63, 3.8) is 0 Å². The lowest BCUT2D eigenvalue weighted by atomic mass is 9.54. The summed E-state index contributed by atoms with van der Waals surface area (Å²) in [6.45, 7) is 1.76. The van der Waals surface area contributed by atoms with Gasteiger partial charge in [0.25, 0.3) is 11.8 Å². The van der Waals surface area contributed by atoms with Crippen LogP contribution in [0.15, 0.2) is 99.9 Å². The maximum Gasteiger partial charge on any atom is 0.263 e. The van der Waals surface area contributed by atoms with Crippen LogP contribution in [0.4, 0.5) is 5.69 Å². The van der Waals surface area contributed by atoms with E-state index in [4.69, 9.17) is 17.2 Å². The van der Waals surface area contributed by atoms with Crippen LogP contribution in [-0.2, 0) is 19.2 Å². The average molecular weight is 925 g/mol. The standard InChI is InChI=1S/C45H41N4O16P/c1-11-5-7-12(8-6-11)17-13-9-10-15(30(51)19(13)32(53)22-20(17)33(54)26-28(46)35(56)24(42(48)62)40(60)44(26,64)38(22)58)49-43(63)25-36(57)29(47)27-34(55)21-23(39(59)45(27,65)41(25)61)31(52)18-14(37(21)66)3-2-4-16(18)50/h2-10,17,20-21,26-29,33-34,37,50-51,54-59,64-65H,46-47,66H2,1H3,(H2,48,62)(H,49,63)/t17-,20+,21+,26+,27+,28-,29-,33-,34-,37-,44-,45-/m0/s1. The maximum atomic E-state index is 14.7. The highest BCUT2D eigenvalue weighted by Gasteiger charge is 2.68. The summed E-state index contributed by atoms with van der Waals surface area (Å²) in [5.74, 6) is -23.5. The summed E-state index contributed by atoms with van der Waals surface area (Å²) in [7, 11) is 2.37. The van der Waals surface area contributed by atoms with Gasteiger partial charge in [-0.15, -0.1) is 9.24 Å². The number of fused-ring (bicyclic) bond motifs is 6. The Morgan fingerprint density at radius 1 is 0.682 bits per heavy atom. The predicted octanol–water partition coefficient (Wildman–Crippen LogP) is -0.285. The van der Waals surface area contributed by atoms with Gasteiger partial charge in [-0.25, -0.2) is 0 Å². The molecule has 6 aliphatic rings. The van der Waals surface area contributed by atoms with Gasteiger partial charge in [0.15, 0.2) is 28.5 Å². The molecule has 6 aliphatic carbocycles. The van der Waals surface area contributed by atoms with E-state index in [9.17, 15) is 79.8 Å². The zero-order chi connectivity index (χ0) is 48.1. The first-order valence-corrected chi connectivity index (χ1v) is 21.0. The Morgan fingerprint density at radius 2 is 1.20 bits per heavy atom. The number of hydrogen-bond donors (Lipinski definition) is 14. The highest BCUT2D eigenvalue weighted by atomic mass is 31.0. The third-order valence-corrected chi connectivity index (χ3v) is 15.0. The van der Waals surface area contributed by atoms with Crippen LogP contribution in [-0.4, -0.2) is 122 Å². The number of phenolic OH excluding ortho intramolecular Hbond substituents is 2. The number of nitrogens with two attached hydrogens (primary N) is 3. The quantitative estimate of drug-likeness (QED) is 0.0908. The van der Waals surface area contributed by atoms with Gasteiger partial charge in [-0.3, -0.25) is 28.8 Å². The van der Waals surface area contributed by atoms with Crippen molar-refractivity contribution in [3.05, 3.63) is 133 Å². The number of rotatable bonds is 4. The number of carbonyl (C=O) groups is 6. The molecule has 0 fully saturated rings. The molecule has 17 N–H and O–H groups in total. The van der Waals surface area contributed by atoms with Crippen LogP contribution in [0.2, 0.25) is 0 Å². The third-order valence-electron chi connectivity index (χ3n) is 14.2. The van der Waals surface area contributed by atoms with E-state index in [1.807, 2.05) is 0 Å². The van der Waals surface area contributed by atoms with E-state index < -0.39 is 174 Å². The molecule has 2 amide bonds. The Morgan fingerprint density at radius 3 is 1.77 bits per heavy atom. The first-order chi connectivity index (χ1) is 31.0. The molecule has 13 atom stereocenters. The Hall–Kier alpha value is -6.77. The van der Waals surface area contributed by atoms with Crippen LogP contribution in [0.5, 0.6) is 11.5 Å². The van der Waals surface area contributed by atoms with Gasteiger partial charge < -0.3 is 73.6 Å². The summed E-state index contributed by atoms with van der Waals surface area (Å²) in [6, 6.07) is 9.03. The molecule has 3 aromatic rings. The summed E-state index contributed by atoms with van der Waals surface area (Å²) in [6.07, 6.45) is -3.98. The second-order valence-corrected chi connectivity index (χ2v) is 18.1. The number of benzene rings is 3. The second-order valence-electron chi connectivity index (χ2n) is 17.4. The molecule has 21 heteroatoms. The largest absolute Gasteiger partial charge is 0.510 e. The number of aliphatic hydroxyl groups excluding tert-OH is 6. The molecule has 0 saturated carbocycles. The highest BCUT2D eigenvalue weighted by Crippen LogP contribution is 2.59. The number of Topliss-reactive ketones (excluding diaryl/α,β-unsaturated/α-hetero) is 4. The monoisotopic (exact) mass is 924 g/mol. The molecule has 0 heterocycles. The molecule has 0 bridgehead atoms. The van der Waals surface area contributed by atoms with Crippen molar-refractivity contribution in [2.45, 2.75) is 54.0 Å². The van der Waals surface area contributed by atoms with Gasteiger partial charge in [-0.1, -0.05) is 48.0 Å². The van der Waals surface area contributed by atoms with Gasteiger partial charge >= 0.3 is 0 Å². The fourth-order valence-electron chi connectivity index (χ4n) is 11.1. The van der Waals surface area contributed by atoms with Crippen molar-refractivity contribution in [2.75, 3.05) is 5.32 Å². The molecular weight excluding hydrogens is 883 g/mol. The number of ketones is 4. The SMILES string of the molecule is Cc1ccc([C@H]2c3ccc(NC(=O)C4=C(O)[C@@H](N)[C@@H]5[C@@H](O)[C@H]6C(=C(O)[C@]5(O)C4=O)C(=O)c4c(O)cccc4[C@@H]6P)c(O)c3C(=O)C3=C(O)[C@]4(O)C(=O)C(C(N)=O)=C(O)[C@@H](N)[C@@H]4[C@@H](O)[C@@H]32)cc1. The number of amides is 2. The number of hydrogen-bond acceptors (Lipinski definition) is 18. The number of primary amides is 1. The minimum Gasteiger partial charge on any atom is -0.510 e. The molecule has 20 nitrogen and oxygen atoms in total. The van der Waals surface area contributed by atoms with Gasteiger partial charge in [0.05, 0.1) is 52.9 Å². The van der Waals surface area contributed by atoms with E-state index in [2.05, 4.69) is 14.6 Å². The minimum absolute atomic E-state index is 0.0480. The fraction of sp³-hybridized carbons (Fsp3) is 0.289. The Balaban J connectivity index is 1.15. The van der Waals surface area contributed by atoms with Crippen LogP contribution < -0.4 is 22.5 Å². The number of nitrogens with one attached hydrogen (secondary N) is 1. The van der Waals surface area contributed by atoms with Crippen molar-refractivity contribution >= 4 is 49.9 Å². The Bertz CT molecular complexity index is 2960. The van der Waals surface area contributed by atoms with Crippen LogP contribution in [0.25, 0.3) is 0 Å². The topological polar surface area (TPSA) is 395 Å². The first kappa shape index (κ1) is 44.4. The van der Waals surface area contributed by atoms with E-state index in [1.54, 1.807) is 31.2 Å². The minimum atomic E-state index is -3.33.